The van der Waals surface area contributed by atoms with E-state index in [0.717, 1.165) is 28.4 Å². The van der Waals surface area contributed by atoms with E-state index >= 15 is 0 Å². The fourth-order valence-electron chi connectivity index (χ4n) is 7.80. The van der Waals surface area contributed by atoms with Crippen LogP contribution in [0.25, 0.3) is 21.7 Å². The smallest absolute Gasteiger partial charge is 0.415 e. The maximum Gasteiger partial charge on any atom is 0.415 e. The predicted octanol–water partition coefficient (Wildman–Crippen LogP) is 5.80. The highest BCUT2D eigenvalue weighted by atomic mass is 35.5. The van der Waals surface area contributed by atoms with Crippen LogP contribution in [-0.2, 0) is 20.9 Å². The molecule has 8 N–H and O–H groups in total. The van der Waals surface area contributed by atoms with E-state index in [-0.39, 0.29) is 62.0 Å². The summed E-state index contributed by atoms with van der Waals surface area (Å²) in [6.07, 6.45) is -0.714. The molecule has 7 amide bonds. The molecule has 374 valence electrons. The average Bonchev–Trinajstić information content (AvgIpc) is 3.94. The molecule has 5 aromatic rings. The number of benzene rings is 4. The number of likely N-dealkylation sites (N-methyl/N-ethyl adjacent to an activating group) is 3. The first-order chi connectivity index (χ1) is 33.4. The number of urea groups is 1. The lowest BCUT2D eigenvalue weighted by Crippen LogP contribution is -2.51. The van der Waals surface area contributed by atoms with Crippen LogP contribution in [0.4, 0.5) is 25.8 Å². The second kappa shape index (κ2) is 24.0. The highest BCUT2D eigenvalue weighted by Crippen LogP contribution is 2.46. The van der Waals surface area contributed by atoms with Crippen LogP contribution in [0.2, 0.25) is 0 Å². The van der Waals surface area contributed by atoms with E-state index < -0.39 is 42.1 Å². The fraction of sp³-hybridized carbons (Fsp3) is 0.400. The minimum atomic E-state index is -0.929. The number of hydrogen-bond donors (Lipinski definition) is 6. The first-order valence-electron chi connectivity index (χ1n) is 23.1. The molecule has 0 spiro atoms. The Labute approximate surface area is 412 Å². The summed E-state index contributed by atoms with van der Waals surface area (Å²) in [4.78, 5) is 87.6. The predicted molar refractivity (Wildman–Crippen MR) is 270 cm³/mol. The summed E-state index contributed by atoms with van der Waals surface area (Å²) in [6, 6.07) is 20.9. The fourth-order valence-corrected chi connectivity index (χ4v) is 8.06. The molecule has 19 nitrogen and oxygen atoms in total. The van der Waals surface area contributed by atoms with Gasteiger partial charge in [-0.1, -0.05) is 50.2 Å². The topological polar surface area (TPSA) is 247 Å². The van der Waals surface area contributed by atoms with Gasteiger partial charge in [0.05, 0.1) is 11.7 Å². The van der Waals surface area contributed by atoms with Crippen molar-refractivity contribution in [2.45, 2.75) is 51.3 Å². The molecule has 0 aliphatic carbocycles. The van der Waals surface area contributed by atoms with E-state index in [1.165, 1.54) is 9.80 Å². The maximum atomic E-state index is 14.3. The minimum absolute atomic E-state index is 0.0725. The number of H-pyrrole nitrogens is 1. The first kappa shape index (κ1) is 52.3. The standard InChI is InChI=1S/C50H63ClN10O9/c1-30(2)44(52)46(63)57-39(12-9-19-54-48(53)65)45(62)55-34-15-13-31(14-16-34)29-69-49(66)59(5)20-21-60(6)50(67)70-42-26-41-43(37-11-8-7-10-36(37)42)33(27-51)28-61(41)47(64)40-25-32-24-35(17-18-38(32)56-40)68-23-22-58(3)4/h7-8,10-11,13-18,24-26,30,33,39,44,56H,9,12,19-23,27-29,52H2,1-6H3,(H,55,62)(H,57,63)(H3,53,54,65)/t33-,39+,44+/m1/s1. The number of alkyl halides is 1. The zero-order valence-corrected chi connectivity index (χ0v) is 41.1. The Morgan fingerprint density at radius 2 is 1.57 bits per heavy atom. The molecule has 4 aromatic carbocycles. The highest BCUT2D eigenvalue weighted by Gasteiger charge is 2.36. The van der Waals surface area contributed by atoms with Crippen molar-refractivity contribution in [3.8, 4) is 11.5 Å². The van der Waals surface area contributed by atoms with E-state index in [4.69, 9.17) is 37.3 Å². The zero-order chi connectivity index (χ0) is 50.6. The van der Waals surface area contributed by atoms with Gasteiger partial charge in [-0.05, 0) is 85.8 Å². The van der Waals surface area contributed by atoms with Gasteiger partial charge in [0.25, 0.3) is 5.91 Å². The summed E-state index contributed by atoms with van der Waals surface area (Å²) in [5.41, 5.74) is 14.9. The number of anilines is 2. The lowest BCUT2D eigenvalue weighted by molar-refractivity contribution is -0.128. The van der Waals surface area contributed by atoms with E-state index in [0.29, 0.717) is 53.3 Å². The van der Waals surface area contributed by atoms with Crippen LogP contribution in [0, 0.1) is 5.92 Å². The van der Waals surface area contributed by atoms with Crippen LogP contribution in [-0.4, -0.2) is 141 Å². The number of carbonyl (C=O) groups is 6. The number of nitrogens with zero attached hydrogens (tertiary/aromatic N) is 4. The largest absolute Gasteiger partial charge is 0.492 e. The van der Waals surface area contributed by atoms with Crippen molar-refractivity contribution >= 4 is 80.6 Å². The summed E-state index contributed by atoms with van der Waals surface area (Å²) >= 11 is 6.54. The van der Waals surface area contributed by atoms with Crippen molar-refractivity contribution in [1.82, 2.24) is 30.3 Å². The van der Waals surface area contributed by atoms with Crippen LogP contribution < -0.4 is 41.8 Å². The molecule has 1 aromatic heterocycles. The Hall–Kier alpha value is -7.09. The zero-order valence-electron chi connectivity index (χ0n) is 40.4. The minimum Gasteiger partial charge on any atom is -0.492 e. The summed E-state index contributed by atoms with van der Waals surface area (Å²) in [5.74, 6) is -0.293. The molecule has 20 heteroatoms. The average molecular weight is 984 g/mol. The summed E-state index contributed by atoms with van der Waals surface area (Å²) in [6.45, 7) is 5.59. The van der Waals surface area contributed by atoms with Gasteiger partial charge in [0.2, 0.25) is 11.8 Å². The lowest BCUT2D eigenvalue weighted by Gasteiger charge is -2.23. The third kappa shape index (κ3) is 13.4. The number of nitrogens with one attached hydrogen (secondary N) is 4. The van der Waals surface area contributed by atoms with E-state index in [1.807, 2.05) is 61.5 Å². The normalized spacial score (nSPS) is 14.0. The molecule has 1 aliphatic heterocycles. The molecule has 2 heterocycles. The van der Waals surface area contributed by atoms with Gasteiger partial charge in [0.15, 0.2) is 0 Å². The van der Waals surface area contributed by atoms with E-state index in [9.17, 15) is 28.8 Å². The quantitative estimate of drug-likeness (QED) is 0.0379. The Morgan fingerprint density at radius 1 is 0.871 bits per heavy atom. The van der Waals surface area contributed by atoms with Crippen LogP contribution >= 0.6 is 11.6 Å². The van der Waals surface area contributed by atoms with Gasteiger partial charge < -0.3 is 66.2 Å². The molecule has 70 heavy (non-hydrogen) atoms. The maximum absolute atomic E-state index is 14.3. The van der Waals surface area contributed by atoms with Crippen LogP contribution in [0.1, 0.15) is 54.2 Å². The number of aromatic nitrogens is 1. The first-order valence-corrected chi connectivity index (χ1v) is 23.6. The Kier molecular flexibility index (Phi) is 17.9. The number of primary amides is 1. The number of halogens is 1. The van der Waals surface area contributed by atoms with Crippen molar-refractivity contribution in [2.75, 3.05) is 83.6 Å². The Balaban J connectivity index is 1.04. The van der Waals surface area contributed by atoms with Crippen LogP contribution in [0.5, 0.6) is 11.5 Å². The second-order valence-corrected chi connectivity index (χ2v) is 18.2. The molecule has 6 rings (SSSR count). The molecule has 0 saturated carbocycles. The number of amides is 7. The Morgan fingerprint density at radius 3 is 2.24 bits per heavy atom. The molecule has 0 unspecified atom stereocenters. The van der Waals surface area contributed by atoms with Gasteiger partial charge in [-0.25, -0.2) is 14.4 Å². The van der Waals surface area contributed by atoms with Gasteiger partial charge in [-0.2, -0.15) is 0 Å². The van der Waals surface area contributed by atoms with Crippen molar-refractivity contribution in [2.24, 2.45) is 17.4 Å². The third-order valence-electron chi connectivity index (χ3n) is 12.0. The SMILES string of the molecule is CC(C)[C@H](N)C(=O)N[C@@H](CCCNC(N)=O)C(=O)Nc1ccc(COC(=O)N(C)CCN(C)C(=O)Oc2cc3c(c4ccccc24)[C@H](CCl)CN3C(=O)c2cc3cc(OCCN(C)C)ccc3[nH]2)cc1. The second-order valence-electron chi connectivity index (χ2n) is 17.9. The van der Waals surface area contributed by atoms with Crippen molar-refractivity contribution in [1.29, 1.82) is 0 Å². The number of ether oxygens (including phenoxy) is 3. The van der Waals surface area contributed by atoms with E-state index in [1.54, 1.807) is 69.2 Å². The van der Waals surface area contributed by atoms with Gasteiger partial charge >= 0.3 is 18.2 Å². The molecular formula is C50H63ClN10O9. The van der Waals surface area contributed by atoms with Gasteiger partial charge in [0, 0.05) is 86.7 Å². The number of aromatic amines is 1. The van der Waals surface area contributed by atoms with Gasteiger partial charge in [-0.3, -0.25) is 14.4 Å². The van der Waals surface area contributed by atoms with Crippen molar-refractivity contribution in [3.63, 3.8) is 0 Å². The lowest BCUT2D eigenvalue weighted by atomic mass is 9.95. The van der Waals surface area contributed by atoms with Gasteiger partial charge in [-0.15, -0.1) is 11.6 Å². The third-order valence-corrected chi connectivity index (χ3v) is 12.4. The molecule has 0 bridgehead atoms. The molecule has 0 fully saturated rings. The van der Waals surface area contributed by atoms with Crippen LogP contribution in [0.3, 0.4) is 0 Å². The summed E-state index contributed by atoms with van der Waals surface area (Å²) < 4.78 is 17.5. The Bertz CT molecular complexity index is 2680. The number of nitrogens with two attached hydrogens (primary N) is 2. The molecule has 0 radical (unpaired) electrons. The monoisotopic (exact) mass is 982 g/mol. The number of carbonyl (C=O) groups excluding carboxylic acids is 6. The van der Waals surface area contributed by atoms with Gasteiger partial charge in [0.1, 0.15) is 36.4 Å². The number of hydrogen-bond acceptors (Lipinski definition) is 11. The van der Waals surface area contributed by atoms with Crippen LogP contribution in [0.15, 0.2) is 78.9 Å². The summed E-state index contributed by atoms with van der Waals surface area (Å²) in [7, 11) is 7.07. The van der Waals surface area contributed by atoms with E-state index in [2.05, 4.69) is 20.9 Å². The number of rotatable bonds is 21. The molecule has 0 saturated heterocycles. The molecule has 1 aliphatic rings. The highest BCUT2D eigenvalue weighted by molar-refractivity contribution is 6.19. The van der Waals surface area contributed by atoms with Crippen molar-refractivity contribution in [3.05, 3.63) is 95.7 Å². The number of fused-ring (bicyclic) bond motifs is 4. The molecule has 3 atom stereocenters. The molecular weight excluding hydrogens is 920 g/mol. The van der Waals surface area contributed by atoms with Crippen molar-refractivity contribution < 1.29 is 43.0 Å². The summed E-state index contributed by atoms with van der Waals surface area (Å²) in [5, 5.41) is 10.3.